The van der Waals surface area contributed by atoms with Crippen LogP contribution in [0.2, 0.25) is 5.02 Å². The predicted octanol–water partition coefficient (Wildman–Crippen LogP) is 3.59. The Labute approximate surface area is 199 Å². The molecule has 1 heterocycles. The van der Waals surface area contributed by atoms with Crippen LogP contribution in [0.4, 0.5) is 11.4 Å². The van der Waals surface area contributed by atoms with Crippen molar-refractivity contribution in [3.05, 3.63) is 47.0 Å². The molecule has 0 fully saturated rings. The minimum Gasteiger partial charge on any atom is -0.495 e. The maximum absolute atomic E-state index is 13.2. The molecule has 0 aliphatic carbocycles. The summed E-state index contributed by atoms with van der Waals surface area (Å²) in [6.45, 7) is 5.80. The van der Waals surface area contributed by atoms with Gasteiger partial charge >= 0.3 is 0 Å². The summed E-state index contributed by atoms with van der Waals surface area (Å²) < 4.78 is 34.1. The second kappa shape index (κ2) is 10.1. The van der Waals surface area contributed by atoms with Gasteiger partial charge in [-0.15, -0.1) is 0 Å². The molecule has 1 aliphatic heterocycles. The molecule has 2 amide bonds. The molecule has 2 aromatic carbocycles. The van der Waals surface area contributed by atoms with Crippen LogP contribution in [0.25, 0.3) is 0 Å². The molecule has 1 atom stereocenters. The SMILES string of the molecule is COc1ccc(Cl)cc1NC(=O)C(CC(C)C)NS(=O)(=O)c1ccc2c(c1)CCN2C(C)=O. The van der Waals surface area contributed by atoms with Gasteiger partial charge in [0, 0.05) is 24.2 Å². The highest BCUT2D eigenvalue weighted by molar-refractivity contribution is 7.89. The number of ether oxygens (including phenoxy) is 1. The Morgan fingerprint density at radius 3 is 2.55 bits per heavy atom. The van der Waals surface area contributed by atoms with Crippen LogP contribution < -0.4 is 19.7 Å². The maximum Gasteiger partial charge on any atom is 0.242 e. The maximum atomic E-state index is 13.2. The highest BCUT2D eigenvalue weighted by Gasteiger charge is 2.29. The van der Waals surface area contributed by atoms with Crippen LogP contribution in [0.1, 0.15) is 32.8 Å². The number of anilines is 2. The number of nitrogens with zero attached hydrogens (tertiary/aromatic N) is 1. The minimum absolute atomic E-state index is 0.0496. The molecular formula is C23H28ClN3O5S. The van der Waals surface area contributed by atoms with E-state index in [2.05, 4.69) is 10.0 Å². The lowest BCUT2D eigenvalue weighted by Crippen LogP contribution is -2.44. The van der Waals surface area contributed by atoms with Crippen molar-refractivity contribution in [2.75, 3.05) is 23.9 Å². The van der Waals surface area contributed by atoms with Gasteiger partial charge in [-0.25, -0.2) is 8.42 Å². The number of rotatable bonds is 8. The van der Waals surface area contributed by atoms with Crippen LogP contribution in [0.3, 0.4) is 0 Å². The average Bonchev–Trinajstić information content (AvgIpc) is 3.16. The summed E-state index contributed by atoms with van der Waals surface area (Å²) in [6, 6.07) is 8.42. The van der Waals surface area contributed by atoms with E-state index < -0.39 is 22.0 Å². The van der Waals surface area contributed by atoms with Crippen LogP contribution in [-0.4, -0.2) is 39.9 Å². The lowest BCUT2D eigenvalue weighted by molar-refractivity contribution is -0.118. The van der Waals surface area contributed by atoms with Crippen molar-refractivity contribution >= 4 is 44.8 Å². The zero-order valence-corrected chi connectivity index (χ0v) is 20.6. The monoisotopic (exact) mass is 493 g/mol. The topological polar surface area (TPSA) is 105 Å². The molecule has 178 valence electrons. The fourth-order valence-corrected chi connectivity index (χ4v) is 5.24. The van der Waals surface area contributed by atoms with Crippen molar-refractivity contribution in [3.8, 4) is 5.75 Å². The Hall–Kier alpha value is -2.62. The van der Waals surface area contributed by atoms with E-state index >= 15 is 0 Å². The average molecular weight is 494 g/mol. The third-order valence-electron chi connectivity index (χ3n) is 5.38. The van der Waals surface area contributed by atoms with Gasteiger partial charge in [0.05, 0.1) is 17.7 Å². The van der Waals surface area contributed by atoms with E-state index in [0.717, 1.165) is 5.56 Å². The van der Waals surface area contributed by atoms with E-state index in [-0.39, 0.29) is 23.1 Å². The van der Waals surface area contributed by atoms with E-state index in [9.17, 15) is 18.0 Å². The third kappa shape index (κ3) is 5.85. The fourth-order valence-electron chi connectivity index (χ4n) is 3.81. The highest BCUT2D eigenvalue weighted by atomic mass is 35.5. The van der Waals surface area contributed by atoms with Gasteiger partial charge in [-0.05, 0) is 60.7 Å². The summed E-state index contributed by atoms with van der Waals surface area (Å²) in [7, 11) is -2.53. The first-order valence-electron chi connectivity index (χ1n) is 10.6. The first-order chi connectivity index (χ1) is 15.5. The molecular weight excluding hydrogens is 466 g/mol. The third-order valence-corrected chi connectivity index (χ3v) is 7.08. The standard InChI is InChI=1S/C23H28ClN3O5S/c1-14(2)11-20(23(29)25-19-13-17(24)5-8-22(19)32-4)26-33(30,31)18-6-7-21-16(12-18)9-10-27(21)15(3)28/h5-8,12-14,20,26H,9-11H2,1-4H3,(H,25,29). The number of halogens is 1. The molecule has 33 heavy (non-hydrogen) atoms. The van der Waals surface area contributed by atoms with E-state index in [1.54, 1.807) is 35.2 Å². The predicted molar refractivity (Wildman–Crippen MR) is 128 cm³/mol. The molecule has 1 unspecified atom stereocenters. The van der Waals surface area contributed by atoms with Crippen molar-refractivity contribution in [1.29, 1.82) is 0 Å². The van der Waals surface area contributed by atoms with E-state index in [1.807, 2.05) is 13.8 Å². The lowest BCUT2D eigenvalue weighted by atomic mass is 10.0. The number of hydrogen-bond donors (Lipinski definition) is 2. The zero-order valence-electron chi connectivity index (χ0n) is 19.0. The molecule has 0 saturated heterocycles. The highest BCUT2D eigenvalue weighted by Crippen LogP contribution is 2.31. The van der Waals surface area contributed by atoms with Gasteiger partial charge in [-0.1, -0.05) is 25.4 Å². The molecule has 10 heteroatoms. The van der Waals surface area contributed by atoms with Crippen molar-refractivity contribution in [2.24, 2.45) is 5.92 Å². The zero-order chi connectivity index (χ0) is 24.3. The summed E-state index contributed by atoms with van der Waals surface area (Å²) in [6.07, 6.45) is 0.861. The molecule has 1 aliphatic rings. The Morgan fingerprint density at radius 2 is 1.91 bits per heavy atom. The van der Waals surface area contributed by atoms with Crippen molar-refractivity contribution in [1.82, 2.24) is 4.72 Å². The van der Waals surface area contributed by atoms with Gasteiger partial charge in [0.2, 0.25) is 21.8 Å². The molecule has 2 aromatic rings. The van der Waals surface area contributed by atoms with Gasteiger partial charge in [-0.3, -0.25) is 9.59 Å². The van der Waals surface area contributed by atoms with Gasteiger partial charge in [0.25, 0.3) is 0 Å². The van der Waals surface area contributed by atoms with Gasteiger partial charge in [0.1, 0.15) is 11.8 Å². The van der Waals surface area contributed by atoms with Crippen molar-refractivity contribution in [3.63, 3.8) is 0 Å². The number of carbonyl (C=O) groups is 2. The normalized spacial score (nSPS) is 14.2. The van der Waals surface area contributed by atoms with Gasteiger partial charge < -0.3 is 15.0 Å². The first kappa shape index (κ1) is 25.0. The smallest absolute Gasteiger partial charge is 0.242 e. The number of benzene rings is 2. The summed E-state index contributed by atoms with van der Waals surface area (Å²) in [4.78, 5) is 26.5. The Morgan fingerprint density at radius 1 is 1.18 bits per heavy atom. The second-order valence-corrected chi connectivity index (χ2v) is 10.5. The summed E-state index contributed by atoms with van der Waals surface area (Å²) in [5.41, 5.74) is 1.84. The van der Waals surface area contributed by atoms with Gasteiger partial charge in [0.15, 0.2) is 0 Å². The van der Waals surface area contributed by atoms with Crippen LogP contribution in [0, 0.1) is 5.92 Å². The molecule has 2 N–H and O–H groups in total. The number of carbonyl (C=O) groups excluding carboxylic acids is 2. The number of methoxy groups -OCH3 is 1. The molecule has 3 rings (SSSR count). The summed E-state index contributed by atoms with van der Waals surface area (Å²) in [5, 5.41) is 3.13. The molecule has 0 spiro atoms. The van der Waals surface area contributed by atoms with Crippen molar-refractivity contribution < 1.29 is 22.7 Å². The van der Waals surface area contributed by atoms with Crippen LogP contribution >= 0.6 is 11.6 Å². The van der Waals surface area contributed by atoms with E-state index in [0.29, 0.717) is 35.1 Å². The quantitative estimate of drug-likeness (QED) is 0.584. The molecule has 8 nitrogen and oxygen atoms in total. The molecule has 0 aromatic heterocycles. The van der Waals surface area contributed by atoms with Crippen LogP contribution in [0.15, 0.2) is 41.3 Å². The molecule has 0 radical (unpaired) electrons. The van der Waals surface area contributed by atoms with E-state index in [4.69, 9.17) is 16.3 Å². The Bertz CT molecular complexity index is 1170. The number of amides is 2. The van der Waals surface area contributed by atoms with Crippen LogP contribution in [-0.2, 0) is 26.0 Å². The Balaban J connectivity index is 1.85. The summed E-state index contributed by atoms with van der Waals surface area (Å²) >= 11 is 6.04. The number of hydrogen-bond acceptors (Lipinski definition) is 5. The molecule has 0 saturated carbocycles. The fraction of sp³-hybridized carbons (Fsp3) is 0.391. The minimum atomic E-state index is -4.00. The lowest BCUT2D eigenvalue weighted by Gasteiger charge is -2.21. The molecule has 0 bridgehead atoms. The van der Waals surface area contributed by atoms with E-state index in [1.165, 1.54) is 20.1 Å². The summed E-state index contributed by atoms with van der Waals surface area (Å²) in [5.74, 6) is -0.147. The Kier molecular flexibility index (Phi) is 7.66. The number of fused-ring (bicyclic) bond motifs is 1. The van der Waals surface area contributed by atoms with Gasteiger partial charge in [-0.2, -0.15) is 4.72 Å². The first-order valence-corrected chi connectivity index (χ1v) is 12.5. The van der Waals surface area contributed by atoms with Crippen LogP contribution in [0.5, 0.6) is 5.75 Å². The number of nitrogens with one attached hydrogen (secondary N) is 2. The largest absolute Gasteiger partial charge is 0.495 e. The number of sulfonamides is 1. The second-order valence-electron chi connectivity index (χ2n) is 8.35. The van der Waals surface area contributed by atoms with Crippen molar-refractivity contribution in [2.45, 2.75) is 44.6 Å².